The molecule has 0 aliphatic rings. The Balaban J connectivity index is 3.23. The zero-order valence-corrected chi connectivity index (χ0v) is 6.69. The van der Waals surface area contributed by atoms with Gasteiger partial charge in [-0.15, -0.1) is 0 Å². The molecule has 1 rings (SSSR count). The van der Waals surface area contributed by atoms with Gasteiger partial charge >= 0.3 is 0 Å². The van der Waals surface area contributed by atoms with Gasteiger partial charge in [0.2, 0.25) is 0 Å². The van der Waals surface area contributed by atoms with Gasteiger partial charge in [-0.2, -0.15) is 4.36 Å². The van der Waals surface area contributed by atoms with E-state index in [1.807, 2.05) is 0 Å². The summed E-state index contributed by atoms with van der Waals surface area (Å²) in [5.41, 5.74) is 0.350. The van der Waals surface area contributed by atoms with Crippen molar-refractivity contribution in [3.8, 4) is 5.75 Å². The lowest BCUT2D eigenvalue weighted by Gasteiger charge is -2.02. The summed E-state index contributed by atoms with van der Waals surface area (Å²) in [6, 6.07) is 4.42. The van der Waals surface area contributed by atoms with E-state index in [9.17, 15) is 4.39 Å². The van der Waals surface area contributed by atoms with Crippen molar-refractivity contribution < 1.29 is 9.13 Å². The van der Waals surface area contributed by atoms with Crippen molar-refractivity contribution in [3.05, 3.63) is 24.0 Å². The van der Waals surface area contributed by atoms with Crippen molar-refractivity contribution in [2.75, 3.05) is 7.11 Å². The number of halogens is 1. The van der Waals surface area contributed by atoms with Gasteiger partial charge in [-0.1, -0.05) is 6.07 Å². The highest BCUT2D eigenvalue weighted by atomic mass is 32.1. The molecule has 58 valence electrons. The van der Waals surface area contributed by atoms with Crippen molar-refractivity contribution in [3.63, 3.8) is 0 Å². The fraction of sp³-hybridized carbons (Fsp3) is 0.143. The molecule has 0 heterocycles. The third-order valence-corrected chi connectivity index (χ3v) is 1.45. The number of methoxy groups -OCH3 is 1. The van der Waals surface area contributed by atoms with E-state index in [4.69, 9.17) is 4.74 Å². The number of hydrogen-bond acceptors (Lipinski definition) is 3. The zero-order valence-electron chi connectivity index (χ0n) is 5.87. The quantitative estimate of drug-likeness (QED) is 0.680. The molecule has 0 amide bonds. The standard InChI is InChI=1S/C7H6FNOS/c1-10-7-5(8)3-2-4-6(7)9-11/h2-4H,1H3. The number of benzene rings is 1. The molecule has 1 aromatic rings. The maximum Gasteiger partial charge on any atom is 0.181 e. The van der Waals surface area contributed by atoms with Gasteiger partial charge in [0, 0.05) is 12.4 Å². The van der Waals surface area contributed by atoms with E-state index in [0.29, 0.717) is 5.69 Å². The Morgan fingerprint density at radius 2 is 2.27 bits per heavy atom. The summed E-state index contributed by atoms with van der Waals surface area (Å²) in [4.78, 5) is 0. The molecule has 1 aromatic carbocycles. The highest BCUT2D eigenvalue weighted by Gasteiger charge is 2.06. The van der Waals surface area contributed by atoms with Crippen molar-refractivity contribution in [1.82, 2.24) is 0 Å². The minimum absolute atomic E-state index is 0.0995. The number of para-hydroxylation sites is 1. The van der Waals surface area contributed by atoms with Gasteiger partial charge in [0.25, 0.3) is 0 Å². The van der Waals surface area contributed by atoms with Crippen LogP contribution in [0.1, 0.15) is 0 Å². The van der Waals surface area contributed by atoms with Crippen LogP contribution in [0.2, 0.25) is 0 Å². The summed E-state index contributed by atoms with van der Waals surface area (Å²) in [6.45, 7) is 0. The molecule has 0 fully saturated rings. The van der Waals surface area contributed by atoms with Crippen molar-refractivity contribution in [2.45, 2.75) is 0 Å². The topological polar surface area (TPSA) is 21.6 Å². The SMILES string of the molecule is COc1c(F)cccc1N=S. The first-order valence-electron chi connectivity index (χ1n) is 2.95. The largest absolute Gasteiger partial charge is 0.491 e. The molecule has 0 aliphatic heterocycles. The van der Waals surface area contributed by atoms with Crippen LogP contribution in [-0.4, -0.2) is 7.11 Å². The molecule has 0 spiro atoms. The van der Waals surface area contributed by atoms with Crippen LogP contribution in [0.15, 0.2) is 22.6 Å². The normalized spacial score (nSPS) is 9.27. The summed E-state index contributed by atoms with van der Waals surface area (Å²) >= 11 is 4.41. The Bertz CT molecular complexity index is 277. The lowest BCUT2D eigenvalue weighted by atomic mass is 10.3. The number of hydrogen-bond donors (Lipinski definition) is 0. The van der Waals surface area contributed by atoms with Crippen molar-refractivity contribution in [2.24, 2.45) is 4.36 Å². The molecule has 0 atom stereocenters. The van der Waals surface area contributed by atoms with Gasteiger partial charge in [0.15, 0.2) is 11.6 Å². The average Bonchev–Trinajstić information content (AvgIpc) is 2.04. The molecule has 0 unspecified atom stereocenters. The van der Waals surface area contributed by atoms with Gasteiger partial charge in [0.05, 0.1) is 7.11 Å². The predicted octanol–water partition coefficient (Wildman–Crippen LogP) is 2.20. The minimum Gasteiger partial charge on any atom is -0.491 e. The second-order valence-corrected chi connectivity index (χ2v) is 2.07. The Kier molecular flexibility index (Phi) is 2.48. The molecule has 0 saturated heterocycles. The highest BCUT2D eigenvalue weighted by Crippen LogP contribution is 2.29. The van der Waals surface area contributed by atoms with Gasteiger partial charge in [-0.3, -0.25) is 0 Å². The number of rotatable bonds is 2. The van der Waals surface area contributed by atoms with E-state index in [2.05, 4.69) is 16.8 Å². The molecule has 0 N–H and O–H groups in total. The van der Waals surface area contributed by atoms with Crippen LogP contribution in [0.4, 0.5) is 10.1 Å². The molecule has 11 heavy (non-hydrogen) atoms. The van der Waals surface area contributed by atoms with E-state index in [1.165, 1.54) is 19.2 Å². The highest BCUT2D eigenvalue weighted by molar-refractivity contribution is 7.47. The summed E-state index contributed by atoms with van der Waals surface area (Å²) < 4.78 is 21.0. The molecular formula is C7H6FNOS. The Labute approximate surface area is 69.2 Å². The maximum atomic E-state index is 12.8. The van der Waals surface area contributed by atoms with E-state index >= 15 is 0 Å². The summed E-state index contributed by atoms with van der Waals surface area (Å²) in [7, 11) is 1.38. The minimum atomic E-state index is -0.446. The Hall–Kier alpha value is -1.03. The first kappa shape index (κ1) is 8.07. The molecule has 0 bridgehead atoms. The van der Waals surface area contributed by atoms with E-state index in [0.717, 1.165) is 0 Å². The first-order chi connectivity index (χ1) is 5.29. The van der Waals surface area contributed by atoms with Crippen LogP contribution in [0, 0.1) is 5.82 Å². The third kappa shape index (κ3) is 1.51. The molecule has 0 saturated carbocycles. The van der Waals surface area contributed by atoms with Crippen molar-refractivity contribution >= 4 is 18.1 Å². The second kappa shape index (κ2) is 3.39. The van der Waals surface area contributed by atoms with Crippen LogP contribution in [0.5, 0.6) is 5.75 Å². The number of ether oxygens (including phenoxy) is 1. The lowest BCUT2D eigenvalue weighted by Crippen LogP contribution is -1.87. The molecule has 2 nitrogen and oxygen atoms in total. The van der Waals surface area contributed by atoms with Crippen LogP contribution in [0.25, 0.3) is 0 Å². The smallest absolute Gasteiger partial charge is 0.181 e. The molecule has 4 heteroatoms. The van der Waals surface area contributed by atoms with Crippen LogP contribution in [-0.2, 0) is 12.4 Å². The molecule has 0 aromatic heterocycles. The second-order valence-electron chi connectivity index (χ2n) is 1.88. The fourth-order valence-corrected chi connectivity index (χ4v) is 0.915. The van der Waals surface area contributed by atoms with Gasteiger partial charge < -0.3 is 4.74 Å². The van der Waals surface area contributed by atoms with Gasteiger partial charge in [0.1, 0.15) is 5.69 Å². The van der Waals surface area contributed by atoms with E-state index < -0.39 is 5.82 Å². The van der Waals surface area contributed by atoms with E-state index in [-0.39, 0.29) is 5.75 Å². The first-order valence-corrected chi connectivity index (χ1v) is 3.32. The Morgan fingerprint density at radius 1 is 1.55 bits per heavy atom. The Morgan fingerprint density at radius 3 is 2.73 bits per heavy atom. The predicted molar refractivity (Wildman–Crippen MR) is 42.4 cm³/mol. The third-order valence-electron chi connectivity index (χ3n) is 1.25. The van der Waals surface area contributed by atoms with Gasteiger partial charge in [-0.05, 0) is 12.1 Å². The summed E-state index contributed by atoms with van der Waals surface area (Å²) in [5.74, 6) is -0.346. The zero-order chi connectivity index (χ0) is 8.27. The molecule has 0 radical (unpaired) electrons. The molecule has 0 aliphatic carbocycles. The molecular weight excluding hydrogens is 165 g/mol. The lowest BCUT2D eigenvalue weighted by molar-refractivity contribution is 0.388. The van der Waals surface area contributed by atoms with Crippen molar-refractivity contribution in [1.29, 1.82) is 0 Å². The summed E-state index contributed by atoms with van der Waals surface area (Å²) in [5, 5.41) is 0. The maximum absolute atomic E-state index is 12.8. The average molecular weight is 171 g/mol. The van der Waals surface area contributed by atoms with Gasteiger partial charge in [-0.25, -0.2) is 4.39 Å². The van der Waals surface area contributed by atoms with Crippen LogP contribution >= 0.6 is 0 Å². The van der Waals surface area contributed by atoms with Crippen LogP contribution in [0.3, 0.4) is 0 Å². The number of nitrogens with zero attached hydrogens (tertiary/aromatic N) is 1. The monoisotopic (exact) mass is 171 g/mol. The van der Waals surface area contributed by atoms with Crippen LogP contribution < -0.4 is 4.74 Å². The van der Waals surface area contributed by atoms with E-state index in [1.54, 1.807) is 6.07 Å². The fourth-order valence-electron chi connectivity index (χ4n) is 0.771. The summed E-state index contributed by atoms with van der Waals surface area (Å²) in [6.07, 6.45) is 0.